The number of hydrogen-bond acceptors (Lipinski definition) is 6. The van der Waals surface area contributed by atoms with Gasteiger partial charge >= 0.3 is 0 Å². The van der Waals surface area contributed by atoms with Crippen molar-refractivity contribution in [3.05, 3.63) is 70.0 Å². The fourth-order valence-corrected chi connectivity index (χ4v) is 5.02. The first-order valence-corrected chi connectivity index (χ1v) is 10.9. The molecule has 0 spiro atoms. The number of aromatic nitrogens is 2. The van der Waals surface area contributed by atoms with Gasteiger partial charge in [-0.2, -0.15) is 5.26 Å². The highest BCUT2D eigenvalue weighted by Crippen LogP contribution is 2.32. The highest BCUT2D eigenvalue weighted by Gasteiger charge is 2.20. The topological polar surface area (TPSA) is 84.8 Å². The molecule has 3 heterocycles. The van der Waals surface area contributed by atoms with Gasteiger partial charge in [-0.05, 0) is 36.6 Å². The summed E-state index contributed by atoms with van der Waals surface area (Å²) in [5.41, 5.74) is 2.65. The summed E-state index contributed by atoms with van der Waals surface area (Å²) in [5, 5.41) is 14.5. The van der Waals surface area contributed by atoms with Crippen molar-refractivity contribution in [1.29, 1.82) is 5.26 Å². The molecule has 0 atom stereocenters. The summed E-state index contributed by atoms with van der Waals surface area (Å²) in [6.07, 6.45) is 2.16. The van der Waals surface area contributed by atoms with E-state index in [1.807, 2.05) is 18.2 Å². The zero-order chi connectivity index (χ0) is 20.5. The Kier molecular flexibility index (Phi) is 4.95. The number of hydrogen-bond donors (Lipinski definition) is 2. The number of H-pyrrole nitrogens is 1. The average Bonchev–Trinajstić information content (AvgIpc) is 3.18. The molecule has 2 aromatic carbocycles. The van der Waals surface area contributed by atoms with E-state index in [2.05, 4.69) is 45.5 Å². The Morgan fingerprint density at radius 3 is 2.77 bits per heavy atom. The van der Waals surface area contributed by atoms with Crippen LogP contribution in [0, 0.1) is 11.3 Å². The number of thiazole rings is 1. The quantitative estimate of drug-likeness (QED) is 0.524. The lowest BCUT2D eigenvalue weighted by molar-refractivity contribution is 0.211. The van der Waals surface area contributed by atoms with E-state index >= 15 is 0 Å². The summed E-state index contributed by atoms with van der Waals surface area (Å²) in [7, 11) is 0. The molecule has 30 heavy (non-hydrogen) atoms. The molecule has 0 saturated carbocycles. The number of likely N-dealkylation sites (tertiary alicyclic amines) is 1. The molecular weight excluding hydrogens is 394 g/mol. The van der Waals surface area contributed by atoms with Crippen LogP contribution in [-0.2, 0) is 6.54 Å². The summed E-state index contributed by atoms with van der Waals surface area (Å²) in [6.45, 7) is 3.13. The summed E-state index contributed by atoms with van der Waals surface area (Å²) in [5.74, 6) is 0. The van der Waals surface area contributed by atoms with E-state index in [0.717, 1.165) is 53.2 Å². The second-order valence-electron chi connectivity index (χ2n) is 7.70. The van der Waals surface area contributed by atoms with E-state index in [1.165, 1.54) is 5.56 Å². The average molecular weight is 416 g/mol. The van der Waals surface area contributed by atoms with Crippen LogP contribution in [0.3, 0.4) is 0 Å². The van der Waals surface area contributed by atoms with Crippen molar-refractivity contribution in [2.24, 2.45) is 0 Å². The van der Waals surface area contributed by atoms with Crippen molar-refractivity contribution in [3.63, 3.8) is 0 Å². The number of piperidine rings is 1. The lowest BCUT2D eigenvalue weighted by Gasteiger charge is -2.32. The molecule has 0 amide bonds. The van der Waals surface area contributed by atoms with Crippen LogP contribution in [0.5, 0.6) is 0 Å². The van der Waals surface area contributed by atoms with Gasteiger partial charge in [-0.1, -0.05) is 41.7 Å². The zero-order valence-electron chi connectivity index (χ0n) is 16.4. The smallest absolute Gasteiger partial charge is 0.266 e. The van der Waals surface area contributed by atoms with Gasteiger partial charge in [-0.25, -0.2) is 4.98 Å². The van der Waals surface area contributed by atoms with Gasteiger partial charge in [-0.15, -0.1) is 0 Å². The predicted octanol–water partition coefficient (Wildman–Crippen LogP) is 4.09. The van der Waals surface area contributed by atoms with Crippen LogP contribution < -0.4 is 10.9 Å². The normalized spacial score (nSPS) is 15.4. The molecule has 0 bridgehead atoms. The molecule has 150 valence electrons. The maximum atomic E-state index is 11.9. The monoisotopic (exact) mass is 415 g/mol. The Labute approximate surface area is 177 Å². The Hall–Kier alpha value is -3.21. The van der Waals surface area contributed by atoms with Crippen LogP contribution in [0.2, 0.25) is 0 Å². The van der Waals surface area contributed by atoms with E-state index in [0.29, 0.717) is 11.6 Å². The molecule has 4 aromatic rings. The molecule has 6 nitrogen and oxygen atoms in total. The molecule has 1 saturated heterocycles. The largest absolute Gasteiger partial charge is 0.359 e. The van der Waals surface area contributed by atoms with Crippen LogP contribution in [0.25, 0.3) is 21.1 Å². The minimum absolute atomic E-state index is 0.114. The lowest BCUT2D eigenvalue weighted by Crippen LogP contribution is -2.38. The summed E-state index contributed by atoms with van der Waals surface area (Å²) in [6, 6.07) is 18.5. The molecular formula is C23H21N5OS. The SMILES string of the molecule is N#Cc1cc2c(ccc3sc(NC4CCN(Cc5ccccc5)CC4)nc32)[nH]c1=O. The summed E-state index contributed by atoms with van der Waals surface area (Å²) >= 11 is 1.62. The van der Waals surface area contributed by atoms with Gasteiger partial charge in [0.1, 0.15) is 11.6 Å². The van der Waals surface area contributed by atoms with Gasteiger partial charge in [0.2, 0.25) is 0 Å². The Morgan fingerprint density at radius 2 is 2.00 bits per heavy atom. The molecule has 7 heteroatoms. The minimum Gasteiger partial charge on any atom is -0.359 e. The fourth-order valence-electron chi connectivity index (χ4n) is 4.07. The second kappa shape index (κ2) is 7.90. The number of fused-ring (bicyclic) bond motifs is 3. The Bertz CT molecular complexity index is 1300. The van der Waals surface area contributed by atoms with Gasteiger partial charge in [0.15, 0.2) is 5.13 Å². The van der Waals surface area contributed by atoms with Crippen molar-refractivity contribution in [3.8, 4) is 6.07 Å². The molecule has 0 unspecified atom stereocenters. The van der Waals surface area contributed by atoms with Gasteiger partial charge in [0, 0.05) is 31.1 Å². The molecule has 1 fully saturated rings. The maximum Gasteiger partial charge on any atom is 0.266 e. The van der Waals surface area contributed by atoms with Crippen LogP contribution in [0.1, 0.15) is 24.0 Å². The second-order valence-corrected chi connectivity index (χ2v) is 8.73. The lowest BCUT2D eigenvalue weighted by atomic mass is 10.0. The molecule has 2 N–H and O–H groups in total. The van der Waals surface area contributed by atoms with E-state index in [4.69, 9.17) is 4.98 Å². The van der Waals surface area contributed by atoms with Crippen molar-refractivity contribution < 1.29 is 0 Å². The first kappa shape index (κ1) is 18.8. The first-order chi connectivity index (χ1) is 14.7. The number of pyridine rings is 1. The van der Waals surface area contributed by atoms with Crippen LogP contribution in [0.15, 0.2) is 53.3 Å². The van der Waals surface area contributed by atoms with E-state index in [1.54, 1.807) is 17.4 Å². The van der Waals surface area contributed by atoms with Crippen molar-refractivity contribution >= 4 is 37.6 Å². The van der Waals surface area contributed by atoms with E-state index < -0.39 is 0 Å². The highest BCUT2D eigenvalue weighted by molar-refractivity contribution is 7.22. The van der Waals surface area contributed by atoms with Crippen molar-refractivity contribution in [1.82, 2.24) is 14.9 Å². The maximum absolute atomic E-state index is 11.9. The number of benzene rings is 2. The standard InChI is InChI=1S/C23H21N5OS/c24-13-16-12-18-19(26-22(16)29)6-7-20-21(18)27-23(30-20)25-17-8-10-28(11-9-17)14-15-4-2-1-3-5-15/h1-7,12,17H,8-11,14H2,(H,25,27)(H,26,29). The number of anilines is 1. The third-order valence-electron chi connectivity index (χ3n) is 5.67. The summed E-state index contributed by atoms with van der Waals surface area (Å²) < 4.78 is 1.04. The number of nitrogens with one attached hydrogen (secondary N) is 2. The van der Waals surface area contributed by atoms with Gasteiger partial charge in [0.05, 0.1) is 15.7 Å². The molecule has 0 radical (unpaired) electrons. The number of nitriles is 1. The third kappa shape index (κ3) is 3.67. The molecule has 5 rings (SSSR count). The molecule has 1 aliphatic rings. The third-order valence-corrected chi connectivity index (χ3v) is 6.62. The molecule has 1 aliphatic heterocycles. The predicted molar refractivity (Wildman–Crippen MR) is 121 cm³/mol. The Balaban J connectivity index is 1.31. The van der Waals surface area contributed by atoms with Gasteiger partial charge < -0.3 is 10.3 Å². The van der Waals surface area contributed by atoms with Gasteiger partial charge in [0.25, 0.3) is 5.56 Å². The number of aromatic amines is 1. The first-order valence-electron chi connectivity index (χ1n) is 10.1. The zero-order valence-corrected chi connectivity index (χ0v) is 17.2. The van der Waals surface area contributed by atoms with E-state index in [9.17, 15) is 10.1 Å². The fraction of sp³-hybridized carbons (Fsp3) is 0.261. The number of rotatable bonds is 4. The highest BCUT2D eigenvalue weighted by atomic mass is 32.1. The molecule has 0 aliphatic carbocycles. The minimum atomic E-state index is -0.361. The summed E-state index contributed by atoms with van der Waals surface area (Å²) in [4.78, 5) is 22.0. The van der Waals surface area contributed by atoms with Crippen molar-refractivity contribution in [2.75, 3.05) is 18.4 Å². The molecule has 2 aromatic heterocycles. The van der Waals surface area contributed by atoms with E-state index in [-0.39, 0.29) is 11.1 Å². The van der Waals surface area contributed by atoms with Crippen LogP contribution in [0.4, 0.5) is 5.13 Å². The van der Waals surface area contributed by atoms with Crippen LogP contribution in [-0.4, -0.2) is 34.0 Å². The Morgan fingerprint density at radius 1 is 1.20 bits per heavy atom. The van der Waals surface area contributed by atoms with Crippen molar-refractivity contribution in [2.45, 2.75) is 25.4 Å². The number of nitrogens with zero attached hydrogens (tertiary/aromatic N) is 3. The van der Waals surface area contributed by atoms with Crippen LogP contribution >= 0.6 is 11.3 Å². The van der Waals surface area contributed by atoms with Gasteiger partial charge in [-0.3, -0.25) is 9.69 Å².